The van der Waals surface area contributed by atoms with Crippen LogP contribution in [-0.2, 0) is 12.0 Å². The number of benzene rings is 9. The number of nitrogens with two attached hydrogens (primary N) is 1. The van der Waals surface area contributed by atoms with Crippen molar-refractivity contribution >= 4 is 33.0 Å². The number of rotatable bonds is 8. The minimum atomic E-state index is -0.0481. The Balaban J connectivity index is 0.976. The highest BCUT2D eigenvalue weighted by molar-refractivity contribution is 6.14. The minimum absolute atomic E-state index is 0.0481. The molecule has 59 heavy (non-hydrogen) atoms. The monoisotopic (exact) mass is 756 g/mol. The van der Waals surface area contributed by atoms with E-state index < -0.39 is 0 Å². The van der Waals surface area contributed by atoms with E-state index in [2.05, 4.69) is 202 Å². The molecule has 1 aliphatic rings. The van der Waals surface area contributed by atoms with Gasteiger partial charge in [0, 0.05) is 16.7 Å². The zero-order valence-corrected chi connectivity index (χ0v) is 33.4. The van der Waals surface area contributed by atoms with Crippen molar-refractivity contribution in [3.05, 3.63) is 234 Å². The van der Waals surface area contributed by atoms with E-state index in [4.69, 9.17) is 10.7 Å². The van der Waals surface area contributed by atoms with Crippen molar-refractivity contribution in [3.63, 3.8) is 0 Å². The summed E-state index contributed by atoms with van der Waals surface area (Å²) in [5.74, 6) is 0. The Labute approximate surface area is 346 Å². The maximum Gasteiger partial charge on any atom is 0.0671 e. The van der Waals surface area contributed by atoms with E-state index in [9.17, 15) is 0 Å². The summed E-state index contributed by atoms with van der Waals surface area (Å²) in [6.45, 7) is 5.26. The van der Waals surface area contributed by atoms with Crippen LogP contribution in [0.25, 0.3) is 71.7 Å². The fourth-order valence-corrected chi connectivity index (χ4v) is 8.93. The molecular formula is C57H44N2. The first kappa shape index (κ1) is 36.1. The van der Waals surface area contributed by atoms with Crippen molar-refractivity contribution in [2.45, 2.75) is 25.8 Å². The van der Waals surface area contributed by atoms with Crippen molar-refractivity contribution in [1.29, 1.82) is 0 Å². The first-order chi connectivity index (χ1) is 28.9. The fraction of sp³-hybridized carbons (Fsp3) is 0.0702. The predicted molar refractivity (Wildman–Crippen MR) is 251 cm³/mol. The second-order valence-corrected chi connectivity index (χ2v) is 16.1. The van der Waals surface area contributed by atoms with Gasteiger partial charge in [0.15, 0.2) is 0 Å². The third-order valence-electron chi connectivity index (χ3n) is 12.2. The normalized spacial score (nSPS) is 13.4. The van der Waals surface area contributed by atoms with Crippen molar-refractivity contribution in [3.8, 4) is 44.5 Å². The first-order valence-electron chi connectivity index (χ1n) is 20.4. The zero-order chi connectivity index (χ0) is 39.9. The standard InChI is InChI=1S/C57H44N2/c1-57(2)53-32-29-46(34-51(53)52-33-44-17-9-10-18-45(44)35-54(52)57)41-21-25-42(26-22-41)47-30-31-50(49-20-12-11-19-48(47)49)55(58)36-56(59-37-38-13-5-3-6-14-38)43-27-23-40(24-28-43)39-15-7-4-8-16-39/h3-36H,37,58H2,1-2H3/b55-36-,59-56?. The molecule has 9 aromatic rings. The largest absolute Gasteiger partial charge is 0.398 e. The van der Waals surface area contributed by atoms with Gasteiger partial charge in [-0.05, 0) is 113 Å². The summed E-state index contributed by atoms with van der Waals surface area (Å²) in [5.41, 5.74) is 24.3. The van der Waals surface area contributed by atoms with Gasteiger partial charge in [-0.1, -0.05) is 196 Å². The molecule has 2 N–H and O–H groups in total. The molecular weight excluding hydrogens is 713 g/mol. The van der Waals surface area contributed by atoms with E-state index >= 15 is 0 Å². The van der Waals surface area contributed by atoms with Crippen LogP contribution in [-0.4, -0.2) is 5.71 Å². The molecule has 0 aliphatic heterocycles. The van der Waals surface area contributed by atoms with Crippen molar-refractivity contribution in [1.82, 2.24) is 0 Å². The molecule has 0 amide bonds. The van der Waals surface area contributed by atoms with Crippen LogP contribution in [0.1, 0.15) is 41.7 Å². The highest BCUT2D eigenvalue weighted by atomic mass is 14.7. The molecule has 0 atom stereocenters. The first-order valence-corrected chi connectivity index (χ1v) is 20.4. The number of hydrogen-bond donors (Lipinski definition) is 1. The summed E-state index contributed by atoms with van der Waals surface area (Å²) in [5, 5.41) is 4.85. The summed E-state index contributed by atoms with van der Waals surface area (Å²) in [6.07, 6.45) is 2.04. The van der Waals surface area contributed by atoms with Crippen LogP contribution < -0.4 is 5.73 Å². The number of hydrogen-bond acceptors (Lipinski definition) is 2. The van der Waals surface area contributed by atoms with E-state index in [1.54, 1.807) is 0 Å². The predicted octanol–water partition coefficient (Wildman–Crippen LogP) is 14.3. The molecule has 0 saturated heterocycles. The molecule has 10 rings (SSSR count). The topological polar surface area (TPSA) is 38.4 Å². The van der Waals surface area contributed by atoms with Crippen LogP contribution in [0.2, 0.25) is 0 Å². The summed E-state index contributed by atoms with van der Waals surface area (Å²) < 4.78 is 0. The third-order valence-corrected chi connectivity index (χ3v) is 12.2. The lowest BCUT2D eigenvalue weighted by molar-refractivity contribution is 0.661. The minimum Gasteiger partial charge on any atom is -0.398 e. The van der Waals surface area contributed by atoms with Crippen LogP contribution in [0.4, 0.5) is 0 Å². The molecule has 0 aromatic heterocycles. The summed E-state index contributed by atoms with van der Waals surface area (Å²) in [6, 6.07) is 71.9. The van der Waals surface area contributed by atoms with Crippen LogP contribution >= 0.6 is 0 Å². The van der Waals surface area contributed by atoms with Gasteiger partial charge in [-0.25, -0.2) is 0 Å². The lowest BCUT2D eigenvalue weighted by Gasteiger charge is -2.22. The van der Waals surface area contributed by atoms with Gasteiger partial charge in [0.2, 0.25) is 0 Å². The van der Waals surface area contributed by atoms with Crippen LogP contribution in [0, 0.1) is 0 Å². The Kier molecular flexibility index (Phi) is 9.11. The van der Waals surface area contributed by atoms with Crippen LogP contribution in [0.5, 0.6) is 0 Å². The molecule has 1 aliphatic carbocycles. The van der Waals surface area contributed by atoms with Gasteiger partial charge in [-0.3, -0.25) is 4.99 Å². The van der Waals surface area contributed by atoms with E-state index in [1.165, 1.54) is 66.4 Å². The molecule has 282 valence electrons. The maximum atomic E-state index is 7.06. The number of nitrogens with zero attached hydrogens (tertiary/aromatic N) is 1. The molecule has 0 unspecified atom stereocenters. The highest BCUT2D eigenvalue weighted by Gasteiger charge is 2.35. The lowest BCUT2D eigenvalue weighted by Crippen LogP contribution is -2.14. The van der Waals surface area contributed by atoms with Gasteiger partial charge in [0.25, 0.3) is 0 Å². The van der Waals surface area contributed by atoms with Crippen molar-refractivity contribution in [2.75, 3.05) is 0 Å². The van der Waals surface area contributed by atoms with Crippen molar-refractivity contribution < 1.29 is 0 Å². The molecule has 0 spiro atoms. The molecule has 0 radical (unpaired) electrons. The molecule has 0 heterocycles. The maximum absolute atomic E-state index is 7.06. The van der Waals surface area contributed by atoms with E-state index in [-0.39, 0.29) is 5.41 Å². The highest BCUT2D eigenvalue weighted by Crippen LogP contribution is 2.51. The van der Waals surface area contributed by atoms with Crippen molar-refractivity contribution in [2.24, 2.45) is 10.7 Å². The van der Waals surface area contributed by atoms with Gasteiger partial charge in [-0.15, -0.1) is 0 Å². The Hall–Kier alpha value is -7.29. The molecule has 0 saturated carbocycles. The molecule has 2 nitrogen and oxygen atoms in total. The van der Waals surface area contributed by atoms with Gasteiger partial charge < -0.3 is 5.73 Å². The number of fused-ring (bicyclic) bond motifs is 5. The summed E-state index contributed by atoms with van der Waals surface area (Å²) >= 11 is 0. The second-order valence-electron chi connectivity index (χ2n) is 16.1. The molecule has 0 bridgehead atoms. The van der Waals surface area contributed by atoms with E-state index in [0.29, 0.717) is 12.2 Å². The Morgan fingerprint density at radius 3 is 1.78 bits per heavy atom. The summed E-state index contributed by atoms with van der Waals surface area (Å²) in [4.78, 5) is 5.12. The number of aliphatic imine (C=N–C) groups is 1. The van der Waals surface area contributed by atoms with E-state index in [1.807, 2.05) is 18.2 Å². The average molecular weight is 757 g/mol. The molecule has 9 aromatic carbocycles. The summed E-state index contributed by atoms with van der Waals surface area (Å²) in [7, 11) is 0. The van der Waals surface area contributed by atoms with Gasteiger partial charge in [-0.2, -0.15) is 0 Å². The van der Waals surface area contributed by atoms with Crippen LogP contribution in [0.3, 0.4) is 0 Å². The average Bonchev–Trinajstić information content (AvgIpc) is 3.51. The third kappa shape index (κ3) is 6.73. The smallest absolute Gasteiger partial charge is 0.0671 e. The Morgan fingerprint density at radius 1 is 0.475 bits per heavy atom. The quantitative estimate of drug-likeness (QED) is 0.154. The van der Waals surface area contributed by atoms with Gasteiger partial charge >= 0.3 is 0 Å². The number of allylic oxidation sites excluding steroid dienone is 1. The van der Waals surface area contributed by atoms with Crippen LogP contribution in [0.15, 0.2) is 211 Å². The SMILES string of the molecule is CC1(C)c2ccc(-c3ccc(-c4ccc(/C(N)=C/C(=NCc5ccccc5)c5ccc(-c6ccccc6)cc5)c5ccccc45)cc3)cc2-c2cc3ccccc3cc21. The fourth-order valence-electron chi connectivity index (χ4n) is 8.93. The Bertz CT molecular complexity index is 3060. The van der Waals surface area contributed by atoms with E-state index in [0.717, 1.165) is 33.2 Å². The molecule has 2 heteroatoms. The Morgan fingerprint density at radius 2 is 1.03 bits per heavy atom. The lowest BCUT2D eigenvalue weighted by atomic mass is 9.81. The van der Waals surface area contributed by atoms with Gasteiger partial charge in [0.1, 0.15) is 0 Å². The second kappa shape index (κ2) is 14.9. The van der Waals surface area contributed by atoms with Gasteiger partial charge in [0.05, 0.1) is 12.3 Å². The zero-order valence-electron chi connectivity index (χ0n) is 33.4. The molecule has 0 fully saturated rings.